The Morgan fingerprint density at radius 1 is 1.70 bits per heavy atom. The smallest absolute Gasteiger partial charge is 0.258 e. The summed E-state index contributed by atoms with van der Waals surface area (Å²) in [5.41, 5.74) is -0.232. The third kappa shape index (κ3) is 1.25. The van der Waals surface area contributed by atoms with Gasteiger partial charge in [0.15, 0.2) is 0 Å². The molecule has 1 rings (SSSR count). The summed E-state index contributed by atoms with van der Waals surface area (Å²) in [4.78, 5) is 9.49. The van der Waals surface area contributed by atoms with Crippen molar-refractivity contribution >= 4 is 17.3 Å². The molecule has 0 bridgehead atoms. The molecular formula is C6H2ClNO2. The number of benzene rings is 1. The van der Waals surface area contributed by atoms with Gasteiger partial charge in [-0.3, -0.25) is 10.1 Å². The molecule has 4 heteroatoms. The zero-order chi connectivity index (χ0) is 7.56. The lowest BCUT2D eigenvalue weighted by molar-refractivity contribution is -0.385. The highest BCUT2D eigenvalue weighted by atomic mass is 35.5. The molecule has 0 unspecified atom stereocenters. The Hall–Kier alpha value is -1.09. The first-order chi connectivity index (χ1) is 4.72. The molecular weight excluding hydrogens is 154 g/mol. The molecule has 10 heavy (non-hydrogen) atoms. The Labute approximate surface area is 62.4 Å². The third-order valence-corrected chi connectivity index (χ3v) is 1.22. The quantitative estimate of drug-likeness (QED) is 0.459. The highest BCUT2D eigenvalue weighted by Gasteiger charge is 2.09. The van der Waals surface area contributed by atoms with Crippen LogP contribution in [0.15, 0.2) is 12.1 Å². The van der Waals surface area contributed by atoms with Gasteiger partial charge in [0, 0.05) is 0 Å². The van der Waals surface area contributed by atoms with Crippen LogP contribution in [-0.2, 0) is 0 Å². The highest BCUT2D eigenvalue weighted by Crippen LogP contribution is 2.21. The van der Waals surface area contributed by atoms with Crippen LogP contribution >= 0.6 is 11.6 Å². The van der Waals surface area contributed by atoms with Gasteiger partial charge in [-0.15, -0.1) is 0 Å². The second-order valence-corrected chi connectivity index (χ2v) is 1.96. The van der Waals surface area contributed by atoms with Crippen LogP contribution in [0.1, 0.15) is 0 Å². The van der Waals surface area contributed by atoms with E-state index in [-0.39, 0.29) is 10.7 Å². The molecule has 50 valence electrons. The van der Waals surface area contributed by atoms with E-state index in [0.29, 0.717) is 0 Å². The monoisotopic (exact) mass is 155 g/mol. The molecule has 0 heterocycles. The predicted octanol–water partition coefficient (Wildman–Crippen LogP) is 1.85. The molecule has 0 spiro atoms. The summed E-state index contributed by atoms with van der Waals surface area (Å²) >= 11 is 5.43. The number of halogens is 1. The maximum Gasteiger partial charge on any atom is 0.296 e. The zero-order valence-corrected chi connectivity index (χ0v) is 5.55. The van der Waals surface area contributed by atoms with Crippen molar-refractivity contribution in [3.8, 4) is 0 Å². The van der Waals surface area contributed by atoms with Crippen molar-refractivity contribution in [2.45, 2.75) is 0 Å². The van der Waals surface area contributed by atoms with Crippen molar-refractivity contribution in [2.24, 2.45) is 0 Å². The van der Waals surface area contributed by atoms with Crippen LogP contribution in [0.3, 0.4) is 0 Å². The molecule has 1 aromatic carbocycles. The van der Waals surface area contributed by atoms with Gasteiger partial charge in [-0.2, -0.15) is 0 Å². The van der Waals surface area contributed by atoms with Gasteiger partial charge in [0.2, 0.25) is 0 Å². The molecule has 3 nitrogen and oxygen atoms in total. The van der Waals surface area contributed by atoms with Crippen molar-refractivity contribution in [3.05, 3.63) is 39.4 Å². The molecule has 0 saturated heterocycles. The summed E-state index contributed by atoms with van der Waals surface area (Å²) in [5.74, 6) is 0. The van der Waals surface area contributed by atoms with Gasteiger partial charge < -0.3 is 0 Å². The normalized spacial score (nSPS) is 9.30. The molecule has 0 aliphatic rings. The molecule has 0 atom stereocenters. The maximum absolute atomic E-state index is 10.1. The number of nitro benzene ring substituents is 1. The second-order valence-electron chi connectivity index (χ2n) is 1.56. The largest absolute Gasteiger partial charge is 0.296 e. The van der Waals surface area contributed by atoms with E-state index in [1.54, 1.807) is 0 Å². The van der Waals surface area contributed by atoms with Gasteiger partial charge in [0.25, 0.3) is 5.69 Å². The standard InChI is InChI=1S/C6H2ClNO2/c7-5-3-1-2-4-6(5)8(9)10/h1,3H. The predicted molar refractivity (Wildman–Crippen MR) is 35.8 cm³/mol. The molecule has 0 fully saturated rings. The minimum absolute atomic E-state index is 0.0868. The number of hydrogen-bond donors (Lipinski definition) is 0. The number of nitro groups is 1. The van der Waals surface area contributed by atoms with Crippen molar-refractivity contribution in [1.82, 2.24) is 0 Å². The van der Waals surface area contributed by atoms with E-state index in [0.717, 1.165) is 0 Å². The van der Waals surface area contributed by atoms with E-state index in [1.165, 1.54) is 12.1 Å². The Morgan fingerprint density at radius 2 is 2.40 bits per heavy atom. The van der Waals surface area contributed by atoms with Crippen LogP contribution in [0, 0.1) is 22.2 Å². The van der Waals surface area contributed by atoms with Crippen LogP contribution in [0.2, 0.25) is 5.02 Å². The van der Waals surface area contributed by atoms with Crippen LogP contribution in [-0.4, -0.2) is 4.92 Å². The van der Waals surface area contributed by atoms with E-state index in [4.69, 9.17) is 11.6 Å². The topological polar surface area (TPSA) is 43.1 Å². The summed E-state index contributed by atoms with van der Waals surface area (Å²) < 4.78 is 0. The Kier molecular flexibility index (Phi) is 1.87. The van der Waals surface area contributed by atoms with Crippen LogP contribution in [0.4, 0.5) is 5.69 Å². The van der Waals surface area contributed by atoms with E-state index in [1.807, 2.05) is 0 Å². The Bertz CT molecular complexity index is 262. The van der Waals surface area contributed by atoms with Crippen LogP contribution in [0.25, 0.3) is 0 Å². The van der Waals surface area contributed by atoms with Gasteiger partial charge in [-0.05, 0) is 12.1 Å². The van der Waals surface area contributed by atoms with Gasteiger partial charge in [0.05, 0.1) is 11.0 Å². The highest BCUT2D eigenvalue weighted by molar-refractivity contribution is 6.32. The second kappa shape index (κ2) is 2.66. The first-order valence-corrected chi connectivity index (χ1v) is 2.82. The first kappa shape index (κ1) is 7.02. The first-order valence-electron chi connectivity index (χ1n) is 2.44. The third-order valence-electron chi connectivity index (χ3n) is 0.912. The van der Waals surface area contributed by atoms with Gasteiger partial charge in [-0.1, -0.05) is 17.7 Å². The molecule has 0 aliphatic carbocycles. The maximum atomic E-state index is 10.1. The number of hydrogen-bond acceptors (Lipinski definition) is 2. The lowest BCUT2D eigenvalue weighted by Gasteiger charge is -1.89. The Balaban J connectivity index is 3.15. The van der Waals surface area contributed by atoms with Crippen molar-refractivity contribution in [1.29, 1.82) is 0 Å². The van der Waals surface area contributed by atoms with E-state index < -0.39 is 4.92 Å². The summed E-state index contributed by atoms with van der Waals surface area (Å²) in [5, 5.41) is 10.2. The zero-order valence-electron chi connectivity index (χ0n) is 4.80. The van der Waals surface area contributed by atoms with Crippen molar-refractivity contribution in [3.63, 3.8) is 0 Å². The molecule has 0 amide bonds. The minimum atomic E-state index is -0.598. The molecule has 0 N–H and O–H groups in total. The average molecular weight is 156 g/mol. The number of rotatable bonds is 1. The average Bonchev–Trinajstić information content (AvgIpc) is 1.88. The van der Waals surface area contributed by atoms with Gasteiger partial charge >= 0.3 is 0 Å². The molecule has 2 radical (unpaired) electrons. The van der Waals surface area contributed by atoms with E-state index >= 15 is 0 Å². The minimum Gasteiger partial charge on any atom is -0.258 e. The fourth-order valence-corrected chi connectivity index (χ4v) is 0.676. The van der Waals surface area contributed by atoms with Crippen LogP contribution in [0.5, 0.6) is 0 Å². The van der Waals surface area contributed by atoms with Crippen LogP contribution < -0.4 is 0 Å². The summed E-state index contributed by atoms with van der Waals surface area (Å²) in [6, 6.07) is 7.58. The molecule has 1 aromatic rings. The van der Waals surface area contributed by atoms with E-state index in [2.05, 4.69) is 12.1 Å². The Morgan fingerprint density at radius 3 is 2.80 bits per heavy atom. The molecule has 0 aromatic heterocycles. The lowest BCUT2D eigenvalue weighted by Crippen LogP contribution is -1.87. The fourth-order valence-electron chi connectivity index (χ4n) is 0.496. The summed E-state index contributed by atoms with van der Waals surface area (Å²) in [7, 11) is 0. The SMILES string of the molecule is O=[N+]([O-])c1[c][c]ccc1Cl. The van der Waals surface area contributed by atoms with Gasteiger partial charge in [0.1, 0.15) is 5.02 Å². The van der Waals surface area contributed by atoms with E-state index in [9.17, 15) is 10.1 Å². The fraction of sp³-hybridized carbons (Fsp3) is 0. The molecule has 0 aliphatic heterocycles. The van der Waals surface area contributed by atoms with Crippen molar-refractivity contribution in [2.75, 3.05) is 0 Å². The van der Waals surface area contributed by atoms with Gasteiger partial charge in [-0.25, -0.2) is 0 Å². The summed E-state index contributed by atoms with van der Waals surface area (Å²) in [6.45, 7) is 0. The lowest BCUT2D eigenvalue weighted by atomic mass is 10.3. The summed E-state index contributed by atoms with van der Waals surface area (Å²) in [6.07, 6.45) is 0. The molecule has 0 saturated carbocycles. The number of nitrogens with zero attached hydrogens (tertiary/aromatic N) is 1. The van der Waals surface area contributed by atoms with Crippen molar-refractivity contribution < 1.29 is 4.92 Å².